The van der Waals surface area contributed by atoms with Crippen LogP contribution >= 0.6 is 0 Å². The van der Waals surface area contributed by atoms with Gasteiger partial charge in [-0.25, -0.2) is 10.2 Å². The van der Waals surface area contributed by atoms with Gasteiger partial charge in [0.1, 0.15) is 0 Å². The number of aryl methyl sites for hydroxylation is 1. The van der Waals surface area contributed by atoms with Crippen molar-refractivity contribution in [2.45, 2.75) is 6.42 Å². The first-order chi connectivity index (χ1) is 8.61. The first-order valence-corrected chi connectivity index (χ1v) is 5.82. The Bertz CT molecular complexity index is 587. The number of oxazole rings is 1. The fraction of sp³-hybridized carbons (Fsp3) is 0.417. The van der Waals surface area contributed by atoms with Crippen LogP contribution in [0, 0.1) is 0 Å². The number of nitrogens with two attached hydrogens (primary N) is 1. The van der Waals surface area contributed by atoms with Crippen LogP contribution in [-0.4, -0.2) is 29.7 Å². The molecular weight excluding hydrogens is 232 g/mol. The maximum atomic E-state index is 11.4. The van der Waals surface area contributed by atoms with Crippen molar-refractivity contribution in [1.29, 1.82) is 0 Å². The van der Waals surface area contributed by atoms with Crippen LogP contribution in [0.2, 0.25) is 0 Å². The molecule has 18 heavy (non-hydrogen) atoms. The van der Waals surface area contributed by atoms with Gasteiger partial charge < -0.3 is 4.42 Å². The van der Waals surface area contributed by atoms with E-state index < -0.39 is 0 Å². The Morgan fingerprint density at radius 1 is 1.50 bits per heavy atom. The Morgan fingerprint density at radius 3 is 3.00 bits per heavy atom. The van der Waals surface area contributed by atoms with E-state index in [4.69, 9.17) is 10.3 Å². The van der Waals surface area contributed by atoms with Crippen LogP contribution in [-0.2, 0) is 13.5 Å². The molecule has 0 bridgehead atoms. The number of hydrazine groups is 1. The highest BCUT2D eigenvalue weighted by molar-refractivity contribution is 5.73. The molecule has 0 amide bonds. The molecule has 0 spiro atoms. The number of rotatable bonds is 5. The molecule has 0 radical (unpaired) electrons. The third-order valence-corrected chi connectivity index (χ3v) is 3.00. The van der Waals surface area contributed by atoms with Crippen molar-refractivity contribution < 1.29 is 4.42 Å². The third kappa shape index (κ3) is 2.61. The summed E-state index contributed by atoms with van der Waals surface area (Å²) in [7, 11) is 3.69. The highest BCUT2D eigenvalue weighted by Crippen LogP contribution is 2.14. The van der Waals surface area contributed by atoms with E-state index in [0.717, 1.165) is 24.0 Å². The van der Waals surface area contributed by atoms with E-state index in [0.29, 0.717) is 12.3 Å². The van der Waals surface area contributed by atoms with Crippen molar-refractivity contribution in [3.63, 3.8) is 0 Å². The summed E-state index contributed by atoms with van der Waals surface area (Å²) in [4.78, 5) is 13.4. The molecule has 1 heterocycles. The zero-order valence-corrected chi connectivity index (χ0v) is 10.6. The number of nitrogens with zero attached hydrogens (tertiary/aromatic N) is 2. The summed E-state index contributed by atoms with van der Waals surface area (Å²) < 4.78 is 6.66. The molecule has 0 unspecified atom stereocenters. The third-order valence-electron chi connectivity index (χ3n) is 3.00. The Kier molecular flexibility index (Phi) is 3.81. The summed E-state index contributed by atoms with van der Waals surface area (Å²) in [6.45, 7) is 1.52. The van der Waals surface area contributed by atoms with Gasteiger partial charge in [-0.05, 0) is 31.2 Å². The van der Waals surface area contributed by atoms with E-state index in [1.807, 2.05) is 25.2 Å². The van der Waals surface area contributed by atoms with Crippen LogP contribution < -0.4 is 17.0 Å². The summed E-state index contributed by atoms with van der Waals surface area (Å²) in [6, 6.07) is 5.85. The minimum atomic E-state index is -0.327. The molecule has 2 rings (SSSR count). The monoisotopic (exact) mass is 250 g/mol. The summed E-state index contributed by atoms with van der Waals surface area (Å²) in [6.07, 6.45) is 0.882. The molecule has 6 nitrogen and oxygen atoms in total. The van der Waals surface area contributed by atoms with Gasteiger partial charge in [0.25, 0.3) is 0 Å². The smallest absolute Gasteiger partial charge is 0.408 e. The summed E-state index contributed by atoms with van der Waals surface area (Å²) in [5, 5.41) is 0. The average Bonchev–Trinajstić information content (AvgIpc) is 2.63. The van der Waals surface area contributed by atoms with Crippen LogP contribution in [0.4, 0.5) is 0 Å². The van der Waals surface area contributed by atoms with Crippen LogP contribution in [0.3, 0.4) is 0 Å². The molecule has 6 heteroatoms. The molecule has 3 N–H and O–H groups in total. The van der Waals surface area contributed by atoms with E-state index in [1.54, 1.807) is 7.05 Å². The molecule has 0 saturated heterocycles. The lowest BCUT2D eigenvalue weighted by Crippen LogP contribution is -2.36. The molecule has 98 valence electrons. The van der Waals surface area contributed by atoms with Gasteiger partial charge in [-0.1, -0.05) is 6.07 Å². The second kappa shape index (κ2) is 5.34. The summed E-state index contributed by atoms with van der Waals surface area (Å²) >= 11 is 0. The first kappa shape index (κ1) is 12.8. The molecule has 1 aromatic heterocycles. The zero-order valence-electron chi connectivity index (χ0n) is 10.6. The van der Waals surface area contributed by atoms with Gasteiger partial charge in [0.2, 0.25) is 0 Å². The topological polar surface area (TPSA) is 76.4 Å². The van der Waals surface area contributed by atoms with Gasteiger partial charge in [0.15, 0.2) is 5.58 Å². The minimum absolute atomic E-state index is 0.327. The fourth-order valence-corrected chi connectivity index (χ4v) is 1.89. The van der Waals surface area contributed by atoms with Gasteiger partial charge in [-0.2, -0.15) is 0 Å². The van der Waals surface area contributed by atoms with E-state index in [2.05, 4.69) is 10.3 Å². The first-order valence-electron chi connectivity index (χ1n) is 5.82. The quantitative estimate of drug-likeness (QED) is 0.445. The van der Waals surface area contributed by atoms with Crippen molar-refractivity contribution >= 4 is 11.1 Å². The Morgan fingerprint density at radius 2 is 2.28 bits per heavy atom. The highest BCUT2D eigenvalue weighted by Gasteiger charge is 2.06. The second-order valence-corrected chi connectivity index (χ2v) is 4.42. The Hall–Kier alpha value is -1.63. The van der Waals surface area contributed by atoms with Gasteiger partial charge >= 0.3 is 5.76 Å². The van der Waals surface area contributed by atoms with Crippen LogP contribution in [0.1, 0.15) is 5.56 Å². The van der Waals surface area contributed by atoms with Gasteiger partial charge in [0.05, 0.1) is 12.2 Å². The lowest BCUT2D eigenvalue weighted by atomic mass is 10.1. The van der Waals surface area contributed by atoms with Crippen LogP contribution in [0.15, 0.2) is 27.4 Å². The van der Waals surface area contributed by atoms with Gasteiger partial charge in [0, 0.05) is 13.6 Å². The lowest BCUT2D eigenvalue weighted by molar-refractivity contribution is 0.313. The predicted molar refractivity (Wildman–Crippen MR) is 70.0 cm³/mol. The van der Waals surface area contributed by atoms with Crippen molar-refractivity contribution in [2.24, 2.45) is 12.9 Å². The molecular formula is C12H18N4O2. The minimum Gasteiger partial charge on any atom is -0.408 e. The molecule has 0 aliphatic heterocycles. The standard InChI is InChI=1S/C12H18N4O2/c1-15(8-14-13)6-5-9-3-4-10-11(7-9)18-12(17)16(10)2/h3-4,7,14H,5-6,8,13H2,1-2H3. The number of nitrogens with one attached hydrogen (secondary N) is 1. The molecule has 0 aliphatic rings. The van der Waals surface area contributed by atoms with E-state index in [9.17, 15) is 4.79 Å². The average molecular weight is 250 g/mol. The maximum Gasteiger partial charge on any atom is 0.419 e. The predicted octanol–water partition coefficient (Wildman–Crippen LogP) is 0.0266. The number of benzene rings is 1. The number of hydrogen-bond acceptors (Lipinski definition) is 5. The van der Waals surface area contributed by atoms with Crippen LogP contribution in [0.25, 0.3) is 11.1 Å². The van der Waals surface area contributed by atoms with Crippen molar-refractivity contribution in [2.75, 3.05) is 20.3 Å². The van der Waals surface area contributed by atoms with Gasteiger partial charge in [-0.15, -0.1) is 0 Å². The normalized spacial score (nSPS) is 11.6. The van der Waals surface area contributed by atoms with E-state index in [1.165, 1.54) is 4.57 Å². The summed E-state index contributed by atoms with van der Waals surface area (Å²) in [5.74, 6) is 4.92. The molecule has 0 saturated carbocycles. The molecule has 1 aromatic carbocycles. The van der Waals surface area contributed by atoms with Crippen molar-refractivity contribution in [3.8, 4) is 0 Å². The Balaban J connectivity index is 2.13. The number of likely N-dealkylation sites (N-methyl/N-ethyl adjacent to an activating group) is 1. The largest absolute Gasteiger partial charge is 0.419 e. The Labute approximate surface area is 105 Å². The summed E-state index contributed by atoms with van der Waals surface area (Å²) in [5.41, 5.74) is 5.21. The molecule has 2 aromatic rings. The number of aromatic nitrogens is 1. The lowest BCUT2D eigenvalue weighted by Gasteiger charge is -2.15. The number of fused-ring (bicyclic) bond motifs is 1. The number of hydrogen-bond donors (Lipinski definition) is 2. The molecule has 0 fully saturated rings. The SMILES string of the molecule is CN(CCc1ccc2c(c1)oc(=O)n2C)CNN. The molecule has 0 aliphatic carbocycles. The highest BCUT2D eigenvalue weighted by atomic mass is 16.4. The molecule has 0 atom stereocenters. The van der Waals surface area contributed by atoms with Crippen LogP contribution in [0.5, 0.6) is 0 Å². The van der Waals surface area contributed by atoms with Gasteiger partial charge in [-0.3, -0.25) is 15.3 Å². The second-order valence-electron chi connectivity index (χ2n) is 4.42. The van der Waals surface area contributed by atoms with Crippen molar-refractivity contribution in [3.05, 3.63) is 34.3 Å². The zero-order chi connectivity index (χ0) is 13.1. The van der Waals surface area contributed by atoms with E-state index in [-0.39, 0.29) is 5.76 Å². The fourth-order valence-electron chi connectivity index (χ4n) is 1.89. The van der Waals surface area contributed by atoms with Crippen molar-refractivity contribution in [1.82, 2.24) is 14.9 Å². The van der Waals surface area contributed by atoms with E-state index >= 15 is 0 Å². The maximum absolute atomic E-state index is 11.4.